The zero-order valence-electron chi connectivity index (χ0n) is 17.5. The standard InChI is InChI=1S/C23H24FN7O/c24-20-14-18(8-13-27-20)29-22-19(21(26)32)15-31(30-22)23(11-12-25)9-6-17(7-10-23)28-16-4-2-1-3-5-16/h1-5,8,13-15,17,28H,6-7,9-11H2,(H2,26,32)(H,27,29,30). The fraction of sp³-hybridized carbons (Fsp3) is 0.304. The summed E-state index contributed by atoms with van der Waals surface area (Å²) in [6.45, 7) is 0. The first-order chi connectivity index (χ1) is 15.5. The quantitative estimate of drug-likeness (QED) is 0.486. The van der Waals surface area contributed by atoms with E-state index in [0.29, 0.717) is 18.5 Å². The molecule has 0 atom stereocenters. The van der Waals surface area contributed by atoms with Crippen LogP contribution in [0.5, 0.6) is 0 Å². The number of para-hydroxylation sites is 1. The molecule has 32 heavy (non-hydrogen) atoms. The van der Waals surface area contributed by atoms with Gasteiger partial charge in [-0.05, 0) is 43.9 Å². The Hall–Kier alpha value is -3.93. The monoisotopic (exact) mass is 433 g/mol. The average molecular weight is 433 g/mol. The molecule has 8 nitrogen and oxygen atoms in total. The summed E-state index contributed by atoms with van der Waals surface area (Å²) in [5.74, 6) is -1.08. The fourth-order valence-corrected chi connectivity index (χ4v) is 4.21. The van der Waals surface area contributed by atoms with Crippen LogP contribution in [0.2, 0.25) is 0 Å². The minimum atomic E-state index is -0.653. The summed E-state index contributed by atoms with van der Waals surface area (Å²) < 4.78 is 15.2. The number of carbonyl (C=O) groups excluding carboxylic acids is 1. The highest BCUT2D eigenvalue weighted by atomic mass is 19.1. The molecule has 164 valence electrons. The number of pyridine rings is 1. The Morgan fingerprint density at radius 3 is 2.66 bits per heavy atom. The van der Waals surface area contributed by atoms with Gasteiger partial charge in [-0.3, -0.25) is 9.48 Å². The molecule has 1 fully saturated rings. The summed E-state index contributed by atoms with van der Waals surface area (Å²) in [5.41, 5.74) is 6.68. The number of aromatic nitrogens is 3. The molecule has 9 heteroatoms. The van der Waals surface area contributed by atoms with Gasteiger partial charge in [0, 0.05) is 35.9 Å². The summed E-state index contributed by atoms with van der Waals surface area (Å²) in [6, 6.07) is 15.4. The number of nitriles is 1. The third-order valence-electron chi connectivity index (χ3n) is 5.92. The molecule has 0 aliphatic heterocycles. The van der Waals surface area contributed by atoms with Crippen LogP contribution >= 0.6 is 0 Å². The summed E-state index contributed by atoms with van der Waals surface area (Å²) in [5, 5.41) is 20.6. The normalized spacial score (nSPS) is 20.3. The van der Waals surface area contributed by atoms with Gasteiger partial charge >= 0.3 is 0 Å². The number of nitrogens with zero attached hydrogens (tertiary/aromatic N) is 4. The molecular formula is C23H24FN7O. The Labute approximate surface area is 185 Å². The van der Waals surface area contributed by atoms with Crippen LogP contribution in [0.25, 0.3) is 0 Å². The summed E-state index contributed by atoms with van der Waals surface area (Å²) >= 11 is 0. The first kappa shape index (κ1) is 21.3. The molecule has 1 aromatic carbocycles. The Balaban J connectivity index is 1.57. The van der Waals surface area contributed by atoms with Crippen molar-refractivity contribution in [2.24, 2.45) is 5.73 Å². The number of rotatable bonds is 7. The number of anilines is 3. The Morgan fingerprint density at radius 2 is 2.00 bits per heavy atom. The predicted molar refractivity (Wildman–Crippen MR) is 119 cm³/mol. The lowest BCUT2D eigenvalue weighted by Gasteiger charge is -2.39. The van der Waals surface area contributed by atoms with Crippen LogP contribution in [0.3, 0.4) is 0 Å². The first-order valence-corrected chi connectivity index (χ1v) is 10.5. The molecule has 1 amide bonds. The summed E-state index contributed by atoms with van der Waals surface area (Å²) in [7, 11) is 0. The molecule has 0 bridgehead atoms. The van der Waals surface area contributed by atoms with E-state index in [2.05, 4.69) is 26.8 Å². The minimum Gasteiger partial charge on any atom is -0.382 e. The zero-order valence-corrected chi connectivity index (χ0v) is 17.5. The van der Waals surface area contributed by atoms with Crippen molar-refractivity contribution in [3.63, 3.8) is 0 Å². The molecule has 1 saturated carbocycles. The SMILES string of the molecule is N#CCC1(n2cc(C(N)=O)c(Nc3ccnc(F)c3)n2)CCC(Nc2ccccc2)CC1. The summed E-state index contributed by atoms with van der Waals surface area (Å²) in [4.78, 5) is 15.6. The molecule has 3 aromatic rings. The zero-order chi connectivity index (χ0) is 22.6. The van der Waals surface area contributed by atoms with Gasteiger partial charge < -0.3 is 16.4 Å². The van der Waals surface area contributed by atoms with Crippen molar-refractivity contribution in [1.82, 2.24) is 14.8 Å². The Bertz CT molecular complexity index is 1130. The number of primary amides is 1. The molecule has 0 spiro atoms. The number of benzene rings is 1. The lowest BCUT2D eigenvalue weighted by Crippen LogP contribution is -2.41. The molecular weight excluding hydrogens is 409 g/mol. The lowest BCUT2D eigenvalue weighted by molar-refractivity contribution is 0.100. The number of carbonyl (C=O) groups is 1. The number of hydrogen-bond donors (Lipinski definition) is 3. The van der Waals surface area contributed by atoms with Gasteiger partial charge in [0.2, 0.25) is 5.95 Å². The number of halogens is 1. The summed E-state index contributed by atoms with van der Waals surface area (Å²) in [6.07, 6.45) is 6.29. The van der Waals surface area contributed by atoms with E-state index in [1.54, 1.807) is 16.9 Å². The molecule has 4 rings (SSSR count). The van der Waals surface area contributed by atoms with Gasteiger partial charge in [0.05, 0.1) is 18.0 Å². The molecule has 0 saturated heterocycles. The second kappa shape index (κ2) is 9.06. The topological polar surface area (TPSA) is 122 Å². The van der Waals surface area contributed by atoms with Gasteiger partial charge in [-0.1, -0.05) is 18.2 Å². The van der Waals surface area contributed by atoms with Crippen LogP contribution in [0.1, 0.15) is 42.5 Å². The Morgan fingerprint density at radius 1 is 1.25 bits per heavy atom. The third-order valence-corrected chi connectivity index (χ3v) is 5.92. The highest BCUT2D eigenvalue weighted by Crippen LogP contribution is 2.39. The molecule has 2 aromatic heterocycles. The van der Waals surface area contributed by atoms with Crippen molar-refractivity contribution < 1.29 is 9.18 Å². The van der Waals surface area contributed by atoms with Crippen LogP contribution in [-0.2, 0) is 5.54 Å². The predicted octanol–water partition coefficient (Wildman–Crippen LogP) is 3.92. The molecule has 1 aliphatic rings. The van der Waals surface area contributed by atoms with Crippen molar-refractivity contribution in [3.8, 4) is 6.07 Å². The highest BCUT2D eigenvalue weighted by molar-refractivity contribution is 5.98. The number of nitrogens with two attached hydrogens (primary N) is 1. The maximum Gasteiger partial charge on any atom is 0.254 e. The van der Waals surface area contributed by atoms with E-state index in [9.17, 15) is 14.4 Å². The molecule has 1 aliphatic carbocycles. The van der Waals surface area contributed by atoms with Gasteiger partial charge in [-0.15, -0.1) is 0 Å². The Kier molecular flexibility index (Phi) is 6.03. The van der Waals surface area contributed by atoms with Crippen LogP contribution in [0.4, 0.5) is 21.6 Å². The van der Waals surface area contributed by atoms with E-state index in [1.165, 1.54) is 12.3 Å². The van der Waals surface area contributed by atoms with Crippen LogP contribution in [-0.4, -0.2) is 26.7 Å². The van der Waals surface area contributed by atoms with Gasteiger partial charge in [-0.25, -0.2) is 4.98 Å². The lowest BCUT2D eigenvalue weighted by atomic mass is 9.77. The number of nitrogens with one attached hydrogen (secondary N) is 2. The molecule has 0 radical (unpaired) electrons. The second-order valence-electron chi connectivity index (χ2n) is 8.04. The second-order valence-corrected chi connectivity index (χ2v) is 8.04. The van der Waals surface area contributed by atoms with Gasteiger partial charge in [0.25, 0.3) is 5.91 Å². The molecule has 4 N–H and O–H groups in total. The van der Waals surface area contributed by atoms with Crippen LogP contribution in [0, 0.1) is 17.3 Å². The smallest absolute Gasteiger partial charge is 0.254 e. The largest absolute Gasteiger partial charge is 0.382 e. The van der Waals surface area contributed by atoms with Crippen molar-refractivity contribution in [1.29, 1.82) is 5.26 Å². The van der Waals surface area contributed by atoms with E-state index in [-0.39, 0.29) is 23.8 Å². The van der Waals surface area contributed by atoms with Crippen molar-refractivity contribution in [2.45, 2.75) is 43.7 Å². The fourth-order valence-electron chi connectivity index (χ4n) is 4.21. The van der Waals surface area contributed by atoms with E-state index in [4.69, 9.17) is 5.73 Å². The first-order valence-electron chi connectivity index (χ1n) is 10.5. The number of amides is 1. The maximum atomic E-state index is 13.5. The van der Waals surface area contributed by atoms with Crippen molar-refractivity contribution >= 4 is 23.1 Å². The van der Waals surface area contributed by atoms with Crippen molar-refractivity contribution in [2.75, 3.05) is 10.6 Å². The van der Waals surface area contributed by atoms with Crippen LogP contribution < -0.4 is 16.4 Å². The van der Waals surface area contributed by atoms with E-state index in [1.807, 2.05) is 30.3 Å². The van der Waals surface area contributed by atoms with Gasteiger partial charge in [-0.2, -0.15) is 14.8 Å². The molecule has 2 heterocycles. The van der Waals surface area contributed by atoms with Gasteiger partial charge in [0.15, 0.2) is 5.82 Å². The highest BCUT2D eigenvalue weighted by Gasteiger charge is 2.38. The number of hydrogen-bond acceptors (Lipinski definition) is 6. The van der Waals surface area contributed by atoms with Gasteiger partial charge in [0.1, 0.15) is 5.56 Å². The van der Waals surface area contributed by atoms with E-state index >= 15 is 0 Å². The third kappa shape index (κ3) is 4.54. The minimum absolute atomic E-state index is 0.184. The van der Waals surface area contributed by atoms with Crippen LogP contribution in [0.15, 0.2) is 54.9 Å². The van der Waals surface area contributed by atoms with Crippen molar-refractivity contribution in [3.05, 3.63) is 66.4 Å². The molecule has 0 unspecified atom stereocenters. The average Bonchev–Trinajstić information content (AvgIpc) is 3.21. The van der Waals surface area contributed by atoms with E-state index in [0.717, 1.165) is 18.5 Å². The maximum absolute atomic E-state index is 13.5. The van der Waals surface area contributed by atoms with E-state index < -0.39 is 17.4 Å².